The van der Waals surface area contributed by atoms with Crippen molar-refractivity contribution < 1.29 is 32.9 Å². The molecular weight excluding hydrogens is 469 g/mol. The van der Waals surface area contributed by atoms with Crippen molar-refractivity contribution in [3.05, 3.63) is 72.8 Å². The van der Waals surface area contributed by atoms with Crippen molar-refractivity contribution in [2.75, 3.05) is 32.8 Å². The van der Waals surface area contributed by atoms with Crippen molar-refractivity contribution in [2.24, 2.45) is 0 Å². The summed E-state index contributed by atoms with van der Waals surface area (Å²) in [5, 5.41) is 3.31. The molecule has 1 heterocycles. The molecule has 1 amide bonds. The van der Waals surface area contributed by atoms with Crippen LogP contribution in [0.15, 0.2) is 67.0 Å². The molecule has 0 bridgehead atoms. The number of anilines is 1. The second kappa shape index (κ2) is 11.7. The fourth-order valence-corrected chi connectivity index (χ4v) is 3.26. The highest BCUT2D eigenvalue weighted by Crippen LogP contribution is 2.35. The van der Waals surface area contributed by atoms with Gasteiger partial charge in [0.1, 0.15) is 23.6 Å². The van der Waals surface area contributed by atoms with E-state index in [1.54, 1.807) is 50.6 Å². The largest absolute Gasteiger partial charge is 0.493 e. The number of methoxy groups -OCH3 is 2. The van der Waals surface area contributed by atoms with E-state index in [0.717, 1.165) is 0 Å². The smallest absolute Gasteiger partial charge is 0.411 e. The van der Waals surface area contributed by atoms with Crippen molar-refractivity contribution in [2.45, 2.75) is 6.42 Å². The number of carbonyl (C=O) groups is 1. The average molecular weight is 493 g/mol. The van der Waals surface area contributed by atoms with Gasteiger partial charge in [-0.1, -0.05) is 0 Å². The summed E-state index contributed by atoms with van der Waals surface area (Å²) >= 11 is 0. The number of aromatic nitrogens is 2. The second-order valence-electron chi connectivity index (χ2n) is 7.45. The van der Waals surface area contributed by atoms with Gasteiger partial charge in [-0.3, -0.25) is 5.32 Å². The molecule has 1 aromatic heterocycles. The summed E-state index contributed by atoms with van der Waals surface area (Å²) < 4.78 is 40.1. The molecule has 10 heteroatoms. The number of nitrogens with one attached hydrogen (secondary N) is 1. The molecule has 0 aliphatic rings. The molecule has 4 aromatic rings. The van der Waals surface area contributed by atoms with Gasteiger partial charge < -0.3 is 23.7 Å². The quantitative estimate of drug-likeness (QED) is 0.285. The molecular formula is C26H24FN3O6. The molecule has 186 valence electrons. The van der Waals surface area contributed by atoms with E-state index >= 15 is 0 Å². The molecule has 9 nitrogen and oxygen atoms in total. The van der Waals surface area contributed by atoms with Gasteiger partial charge in [0.2, 0.25) is 5.88 Å². The van der Waals surface area contributed by atoms with Crippen molar-refractivity contribution in [3.63, 3.8) is 0 Å². The van der Waals surface area contributed by atoms with Crippen LogP contribution in [0.5, 0.6) is 28.9 Å². The van der Waals surface area contributed by atoms with E-state index < -0.39 is 6.09 Å². The van der Waals surface area contributed by atoms with Crippen molar-refractivity contribution in [1.82, 2.24) is 9.97 Å². The van der Waals surface area contributed by atoms with Gasteiger partial charge in [-0.15, -0.1) is 0 Å². The van der Waals surface area contributed by atoms with Gasteiger partial charge >= 0.3 is 6.09 Å². The number of carbonyl (C=O) groups excluding carboxylic acids is 1. The van der Waals surface area contributed by atoms with Crippen LogP contribution in [0.25, 0.3) is 10.9 Å². The lowest BCUT2D eigenvalue weighted by molar-refractivity contribution is 0.152. The Bertz CT molecular complexity index is 1320. The molecule has 0 radical (unpaired) electrons. The molecule has 0 saturated heterocycles. The lowest BCUT2D eigenvalue weighted by atomic mass is 10.2. The van der Waals surface area contributed by atoms with E-state index in [-0.39, 0.29) is 12.4 Å². The maximum atomic E-state index is 12.9. The van der Waals surface area contributed by atoms with Crippen LogP contribution in [-0.2, 0) is 4.74 Å². The molecule has 0 saturated carbocycles. The topological polar surface area (TPSA) is 101 Å². The molecule has 0 spiro atoms. The van der Waals surface area contributed by atoms with Crippen LogP contribution in [0.4, 0.5) is 14.9 Å². The van der Waals surface area contributed by atoms with E-state index in [2.05, 4.69) is 15.3 Å². The molecule has 0 aliphatic heterocycles. The molecule has 0 atom stereocenters. The Labute approximate surface area is 206 Å². The zero-order valence-corrected chi connectivity index (χ0v) is 19.7. The first-order valence-corrected chi connectivity index (χ1v) is 11.0. The van der Waals surface area contributed by atoms with Gasteiger partial charge in [0, 0.05) is 18.2 Å². The number of hydrogen-bond acceptors (Lipinski definition) is 8. The maximum absolute atomic E-state index is 12.9. The zero-order chi connectivity index (χ0) is 25.3. The van der Waals surface area contributed by atoms with Gasteiger partial charge in [0.05, 0.1) is 38.3 Å². The molecule has 0 aliphatic carbocycles. The highest BCUT2D eigenvalue weighted by molar-refractivity contribution is 5.87. The summed E-state index contributed by atoms with van der Waals surface area (Å²) in [6.07, 6.45) is 1.30. The van der Waals surface area contributed by atoms with Crippen molar-refractivity contribution in [1.29, 1.82) is 0 Å². The molecule has 4 rings (SSSR count). The minimum absolute atomic E-state index is 0.170. The predicted octanol–water partition coefficient (Wildman–Crippen LogP) is 5.60. The van der Waals surface area contributed by atoms with Crippen LogP contribution in [-0.4, -0.2) is 43.5 Å². The van der Waals surface area contributed by atoms with Crippen LogP contribution < -0.4 is 24.3 Å². The third-order valence-electron chi connectivity index (χ3n) is 5.02. The highest BCUT2D eigenvalue weighted by Gasteiger charge is 2.13. The molecule has 0 fully saturated rings. The van der Waals surface area contributed by atoms with Gasteiger partial charge in [0.25, 0.3) is 0 Å². The monoisotopic (exact) mass is 493 g/mol. The van der Waals surface area contributed by atoms with E-state index in [1.165, 1.54) is 30.6 Å². The van der Waals surface area contributed by atoms with Gasteiger partial charge in [-0.25, -0.2) is 19.2 Å². The first-order valence-electron chi connectivity index (χ1n) is 11.0. The predicted molar refractivity (Wildman–Crippen MR) is 131 cm³/mol. The average Bonchev–Trinajstić information content (AvgIpc) is 2.90. The molecule has 36 heavy (non-hydrogen) atoms. The minimum atomic E-state index is -0.590. The van der Waals surface area contributed by atoms with Gasteiger partial charge in [-0.2, -0.15) is 0 Å². The number of fused-ring (bicyclic) bond motifs is 1. The van der Waals surface area contributed by atoms with Gasteiger partial charge in [-0.05, 0) is 54.6 Å². The third kappa shape index (κ3) is 6.29. The Morgan fingerprint density at radius 3 is 2.31 bits per heavy atom. The van der Waals surface area contributed by atoms with E-state index in [1.807, 2.05) is 0 Å². The van der Waals surface area contributed by atoms with E-state index in [0.29, 0.717) is 58.5 Å². The van der Waals surface area contributed by atoms with Crippen molar-refractivity contribution >= 4 is 22.7 Å². The third-order valence-corrected chi connectivity index (χ3v) is 5.02. The Kier molecular flexibility index (Phi) is 7.97. The number of halogens is 1. The normalized spacial score (nSPS) is 10.5. The summed E-state index contributed by atoms with van der Waals surface area (Å²) in [5.41, 5.74) is 1.18. The summed E-state index contributed by atoms with van der Waals surface area (Å²) in [6, 6.07) is 16.0. The summed E-state index contributed by atoms with van der Waals surface area (Å²) in [4.78, 5) is 20.5. The highest BCUT2D eigenvalue weighted by atomic mass is 19.1. The fourth-order valence-electron chi connectivity index (χ4n) is 3.26. The van der Waals surface area contributed by atoms with Crippen LogP contribution in [0.2, 0.25) is 0 Å². The van der Waals surface area contributed by atoms with Gasteiger partial charge in [0.15, 0.2) is 11.5 Å². The minimum Gasteiger partial charge on any atom is -0.493 e. The zero-order valence-electron chi connectivity index (χ0n) is 19.7. The van der Waals surface area contributed by atoms with Crippen LogP contribution in [0.3, 0.4) is 0 Å². The fraction of sp³-hybridized carbons (Fsp3) is 0.192. The molecule has 0 unspecified atom stereocenters. The number of amides is 1. The number of hydrogen-bond donors (Lipinski definition) is 1. The maximum Gasteiger partial charge on any atom is 0.411 e. The Morgan fingerprint density at radius 2 is 1.58 bits per heavy atom. The second-order valence-corrected chi connectivity index (χ2v) is 7.45. The Morgan fingerprint density at radius 1 is 0.889 bits per heavy atom. The Hall–Kier alpha value is -4.60. The first-order chi connectivity index (χ1) is 17.6. The molecule has 3 aromatic carbocycles. The summed E-state index contributed by atoms with van der Waals surface area (Å²) in [7, 11) is 3.10. The first kappa shape index (κ1) is 24.5. The van der Waals surface area contributed by atoms with Crippen molar-refractivity contribution in [3.8, 4) is 28.9 Å². The van der Waals surface area contributed by atoms with Crippen LogP contribution in [0.1, 0.15) is 6.42 Å². The standard InChI is InChI=1S/C26H24FN3O6/c1-32-23-14-21-22(15-24(23)33-2)28-16-29-25(21)36-20-10-6-18(7-11-20)30-26(31)35-13-3-12-34-19-8-4-17(27)5-9-19/h4-11,14-16H,3,12-13H2,1-2H3,(H,30,31). The lowest BCUT2D eigenvalue weighted by Gasteiger charge is -2.12. The van der Waals surface area contributed by atoms with Crippen LogP contribution >= 0.6 is 0 Å². The van der Waals surface area contributed by atoms with E-state index in [9.17, 15) is 9.18 Å². The lowest BCUT2D eigenvalue weighted by Crippen LogP contribution is -2.15. The van der Waals surface area contributed by atoms with Crippen LogP contribution in [0, 0.1) is 5.82 Å². The Balaban J connectivity index is 1.28. The number of rotatable bonds is 10. The number of benzene rings is 3. The summed E-state index contributed by atoms with van der Waals surface area (Å²) in [6.45, 7) is 0.505. The number of nitrogens with zero attached hydrogens (tertiary/aromatic N) is 2. The SMILES string of the molecule is COc1cc2ncnc(Oc3ccc(NC(=O)OCCCOc4ccc(F)cc4)cc3)c2cc1OC. The van der Waals surface area contributed by atoms with E-state index in [4.69, 9.17) is 23.7 Å². The summed E-state index contributed by atoms with van der Waals surface area (Å²) in [5.74, 6) is 2.18. The number of ether oxygens (including phenoxy) is 5. The molecule has 1 N–H and O–H groups in total.